The lowest BCUT2D eigenvalue weighted by Crippen LogP contribution is -2.09. The number of anilines is 2. The number of fused-ring (bicyclic) bond motifs is 1. The number of aliphatic hydroxyl groups is 1. The number of aromatic amines is 1. The molecule has 2 rings (SSSR count). The Balaban J connectivity index is 2.38. The van der Waals surface area contributed by atoms with Crippen LogP contribution in [0.5, 0.6) is 0 Å². The topological polar surface area (TPSA) is 113 Å². The van der Waals surface area contributed by atoms with Gasteiger partial charge in [-0.1, -0.05) is 0 Å². The molecule has 0 atom stereocenters. The van der Waals surface area contributed by atoms with Gasteiger partial charge in [0.05, 0.1) is 18.2 Å². The van der Waals surface area contributed by atoms with Crippen molar-refractivity contribution in [2.24, 2.45) is 0 Å². The molecule has 2 aromatic heterocycles. The van der Waals surface area contributed by atoms with Crippen LogP contribution in [0.1, 0.15) is 0 Å². The molecule has 0 aliphatic carbocycles. The van der Waals surface area contributed by atoms with E-state index in [-0.39, 0.29) is 6.61 Å². The van der Waals surface area contributed by atoms with Crippen LogP contribution in [-0.4, -0.2) is 38.4 Å². The van der Waals surface area contributed by atoms with Crippen molar-refractivity contribution in [1.82, 2.24) is 20.2 Å². The average molecular weight is 194 g/mol. The van der Waals surface area contributed by atoms with Crippen LogP contribution in [0.4, 0.5) is 11.8 Å². The second kappa shape index (κ2) is 3.46. The van der Waals surface area contributed by atoms with Crippen LogP contribution >= 0.6 is 0 Å². The zero-order chi connectivity index (χ0) is 9.97. The molecular formula is C7H10N6O. The van der Waals surface area contributed by atoms with Crippen LogP contribution < -0.4 is 11.1 Å². The Morgan fingerprint density at radius 3 is 3.14 bits per heavy atom. The van der Waals surface area contributed by atoms with E-state index in [0.717, 1.165) is 0 Å². The van der Waals surface area contributed by atoms with E-state index in [4.69, 9.17) is 10.8 Å². The highest BCUT2D eigenvalue weighted by molar-refractivity contribution is 5.85. The highest BCUT2D eigenvalue weighted by atomic mass is 16.3. The summed E-state index contributed by atoms with van der Waals surface area (Å²) in [6, 6.07) is 0. The lowest BCUT2D eigenvalue weighted by molar-refractivity contribution is 0.311. The lowest BCUT2D eigenvalue weighted by Gasteiger charge is -2.02. The molecule has 0 amide bonds. The van der Waals surface area contributed by atoms with Gasteiger partial charge in [0, 0.05) is 6.54 Å². The van der Waals surface area contributed by atoms with Gasteiger partial charge in [-0.15, -0.1) is 0 Å². The second-order valence-electron chi connectivity index (χ2n) is 2.72. The minimum absolute atomic E-state index is 0.0181. The third-order valence-corrected chi connectivity index (χ3v) is 1.73. The van der Waals surface area contributed by atoms with Gasteiger partial charge in [-0.05, 0) is 0 Å². The van der Waals surface area contributed by atoms with E-state index in [0.29, 0.717) is 29.3 Å². The first-order valence-corrected chi connectivity index (χ1v) is 4.12. The number of H-pyrrole nitrogens is 1. The van der Waals surface area contributed by atoms with Crippen molar-refractivity contribution in [1.29, 1.82) is 0 Å². The van der Waals surface area contributed by atoms with Crippen molar-refractivity contribution < 1.29 is 5.11 Å². The summed E-state index contributed by atoms with van der Waals surface area (Å²) in [5, 5.41) is 18.6. The van der Waals surface area contributed by atoms with Crippen molar-refractivity contribution in [3.8, 4) is 0 Å². The number of hydrogen-bond acceptors (Lipinski definition) is 6. The summed E-state index contributed by atoms with van der Waals surface area (Å²) in [4.78, 5) is 8.10. The number of nitrogens with zero attached hydrogens (tertiary/aromatic N) is 3. The van der Waals surface area contributed by atoms with E-state index in [1.54, 1.807) is 6.20 Å². The molecule has 0 aromatic carbocycles. The lowest BCUT2D eigenvalue weighted by atomic mass is 10.4. The Bertz CT molecular complexity index is 439. The largest absolute Gasteiger partial charge is 0.395 e. The second-order valence-corrected chi connectivity index (χ2v) is 2.72. The first-order valence-electron chi connectivity index (χ1n) is 4.12. The number of nitrogens with one attached hydrogen (secondary N) is 2. The summed E-state index contributed by atoms with van der Waals surface area (Å²) in [6.45, 7) is 0.406. The van der Waals surface area contributed by atoms with Gasteiger partial charge in [-0.2, -0.15) is 15.1 Å². The molecular weight excluding hydrogens is 184 g/mol. The van der Waals surface area contributed by atoms with E-state index in [2.05, 4.69) is 25.5 Å². The Kier molecular flexibility index (Phi) is 2.15. The molecule has 0 aliphatic heterocycles. The summed E-state index contributed by atoms with van der Waals surface area (Å²) >= 11 is 0. The summed E-state index contributed by atoms with van der Waals surface area (Å²) < 4.78 is 0. The van der Waals surface area contributed by atoms with Crippen molar-refractivity contribution in [3.63, 3.8) is 0 Å². The average Bonchev–Trinajstić information content (AvgIpc) is 2.63. The fraction of sp³-hybridized carbons (Fsp3) is 0.286. The van der Waals surface area contributed by atoms with E-state index >= 15 is 0 Å². The Hall–Kier alpha value is -1.89. The van der Waals surface area contributed by atoms with Crippen molar-refractivity contribution in [3.05, 3.63) is 6.20 Å². The molecule has 0 bridgehead atoms. The van der Waals surface area contributed by atoms with Gasteiger partial charge in [0.2, 0.25) is 5.95 Å². The van der Waals surface area contributed by atoms with Crippen LogP contribution in [0.3, 0.4) is 0 Å². The summed E-state index contributed by atoms with van der Waals surface area (Å²) in [5.74, 6) is 0.748. The highest BCUT2D eigenvalue weighted by Gasteiger charge is 2.05. The number of nitrogens with two attached hydrogens (primary N) is 1. The fourth-order valence-corrected chi connectivity index (χ4v) is 1.10. The van der Waals surface area contributed by atoms with Gasteiger partial charge in [0.15, 0.2) is 5.65 Å². The van der Waals surface area contributed by atoms with Crippen LogP contribution in [0, 0.1) is 0 Å². The van der Waals surface area contributed by atoms with Gasteiger partial charge in [-0.3, -0.25) is 5.10 Å². The van der Waals surface area contributed by atoms with Crippen LogP contribution in [0.15, 0.2) is 6.20 Å². The van der Waals surface area contributed by atoms with E-state index in [9.17, 15) is 0 Å². The number of hydrogen-bond donors (Lipinski definition) is 4. The molecule has 0 aliphatic rings. The third kappa shape index (κ3) is 1.44. The summed E-state index contributed by atoms with van der Waals surface area (Å²) in [6.07, 6.45) is 1.57. The quantitative estimate of drug-likeness (QED) is 0.516. The highest BCUT2D eigenvalue weighted by Crippen LogP contribution is 2.15. The van der Waals surface area contributed by atoms with E-state index < -0.39 is 0 Å². The van der Waals surface area contributed by atoms with Crippen molar-refractivity contribution in [2.75, 3.05) is 24.2 Å². The van der Waals surface area contributed by atoms with Crippen LogP contribution in [0.2, 0.25) is 0 Å². The fourth-order valence-electron chi connectivity index (χ4n) is 1.10. The van der Waals surface area contributed by atoms with Gasteiger partial charge in [0.1, 0.15) is 5.82 Å². The normalized spacial score (nSPS) is 10.6. The Morgan fingerprint density at radius 1 is 1.50 bits per heavy atom. The first-order chi connectivity index (χ1) is 6.81. The standard InChI is InChI=1S/C7H10N6O/c8-5-4-3-10-13-6(4)12-7(11-5)9-1-2-14/h3,14H,1-2H2,(H4,8,9,10,11,12,13). The summed E-state index contributed by atoms with van der Waals surface area (Å²) in [5.41, 5.74) is 6.24. The molecule has 14 heavy (non-hydrogen) atoms. The molecule has 74 valence electrons. The molecule has 0 saturated carbocycles. The number of rotatable bonds is 3. The molecule has 2 heterocycles. The summed E-state index contributed by atoms with van der Waals surface area (Å²) in [7, 11) is 0. The number of aromatic nitrogens is 4. The van der Waals surface area contributed by atoms with Gasteiger partial charge < -0.3 is 16.2 Å². The monoisotopic (exact) mass is 194 g/mol. The molecule has 0 unspecified atom stereocenters. The molecule has 7 heteroatoms. The maximum absolute atomic E-state index is 8.60. The van der Waals surface area contributed by atoms with Crippen molar-refractivity contribution >= 4 is 22.8 Å². The maximum atomic E-state index is 8.60. The molecule has 2 aromatic rings. The number of aliphatic hydroxyl groups excluding tert-OH is 1. The smallest absolute Gasteiger partial charge is 0.226 e. The Morgan fingerprint density at radius 2 is 2.36 bits per heavy atom. The van der Waals surface area contributed by atoms with Crippen molar-refractivity contribution in [2.45, 2.75) is 0 Å². The van der Waals surface area contributed by atoms with Gasteiger partial charge in [0.25, 0.3) is 0 Å². The van der Waals surface area contributed by atoms with E-state index in [1.807, 2.05) is 0 Å². The molecule has 0 fully saturated rings. The first kappa shape index (κ1) is 8.70. The molecule has 5 N–H and O–H groups in total. The maximum Gasteiger partial charge on any atom is 0.226 e. The zero-order valence-electron chi connectivity index (χ0n) is 7.36. The molecule has 7 nitrogen and oxygen atoms in total. The van der Waals surface area contributed by atoms with Gasteiger partial charge in [-0.25, -0.2) is 0 Å². The molecule has 0 spiro atoms. The van der Waals surface area contributed by atoms with E-state index in [1.165, 1.54) is 0 Å². The molecule has 0 radical (unpaired) electrons. The minimum Gasteiger partial charge on any atom is -0.395 e. The predicted molar refractivity (Wildman–Crippen MR) is 51.7 cm³/mol. The van der Waals surface area contributed by atoms with Crippen LogP contribution in [-0.2, 0) is 0 Å². The third-order valence-electron chi connectivity index (χ3n) is 1.73. The van der Waals surface area contributed by atoms with Gasteiger partial charge >= 0.3 is 0 Å². The zero-order valence-corrected chi connectivity index (χ0v) is 7.36. The molecule has 0 saturated heterocycles. The Labute approximate surface area is 79.4 Å². The SMILES string of the molecule is Nc1nc(NCCO)nc2[nH]ncc12. The minimum atomic E-state index is 0.0181. The van der Waals surface area contributed by atoms with Crippen LogP contribution in [0.25, 0.3) is 11.0 Å². The predicted octanol–water partition coefficient (Wildman–Crippen LogP) is -0.661. The number of nitrogen functional groups attached to an aromatic ring is 1.